The molecule has 4 rings (SSSR count). The van der Waals surface area contributed by atoms with Crippen LogP contribution < -0.4 is 15.0 Å². The minimum Gasteiger partial charge on any atom is -0.494 e. The summed E-state index contributed by atoms with van der Waals surface area (Å²) in [4.78, 5) is 15.3. The van der Waals surface area contributed by atoms with Crippen molar-refractivity contribution >= 4 is 17.3 Å². The van der Waals surface area contributed by atoms with Gasteiger partial charge in [0.25, 0.3) is 5.91 Å². The maximum Gasteiger partial charge on any atom is 0.258 e. The first-order valence-corrected chi connectivity index (χ1v) is 10.1. The first kappa shape index (κ1) is 19.1. The monoisotopic (exact) mass is 386 g/mol. The second-order valence-electron chi connectivity index (χ2n) is 7.34. The number of amides is 1. The van der Waals surface area contributed by atoms with Crippen LogP contribution in [0, 0.1) is 0 Å². The molecular formula is C25H26N2O2. The van der Waals surface area contributed by atoms with Crippen LogP contribution in [0.4, 0.5) is 11.4 Å². The molecule has 0 aliphatic carbocycles. The Labute approximate surface area is 172 Å². The number of nitrogens with one attached hydrogen (secondary N) is 1. The third kappa shape index (κ3) is 3.97. The van der Waals surface area contributed by atoms with Crippen molar-refractivity contribution in [3.05, 3.63) is 90.0 Å². The van der Waals surface area contributed by atoms with Crippen molar-refractivity contribution in [3.8, 4) is 5.75 Å². The van der Waals surface area contributed by atoms with Crippen molar-refractivity contribution in [2.24, 2.45) is 0 Å². The zero-order valence-electron chi connectivity index (χ0n) is 16.8. The molecule has 1 amide bonds. The molecule has 148 valence electrons. The summed E-state index contributed by atoms with van der Waals surface area (Å²) in [5.41, 5.74) is 3.88. The number of nitrogens with zero attached hydrogens (tertiary/aromatic N) is 1. The highest BCUT2D eigenvalue weighted by atomic mass is 16.5. The average molecular weight is 386 g/mol. The summed E-state index contributed by atoms with van der Waals surface area (Å²) in [5.74, 6) is 0.800. The molecule has 0 spiro atoms. The molecule has 1 N–H and O–H groups in total. The second kappa shape index (κ2) is 8.39. The molecule has 4 heteroatoms. The van der Waals surface area contributed by atoms with E-state index in [2.05, 4.69) is 30.4 Å². The van der Waals surface area contributed by atoms with Gasteiger partial charge in [-0.25, -0.2) is 0 Å². The molecule has 0 unspecified atom stereocenters. The lowest BCUT2D eigenvalue weighted by molar-refractivity contribution is 0.0974. The van der Waals surface area contributed by atoms with Gasteiger partial charge in [-0.3, -0.25) is 4.79 Å². The van der Waals surface area contributed by atoms with E-state index in [1.54, 1.807) is 0 Å². The minimum atomic E-state index is 0.0196. The number of anilines is 2. The SMILES string of the molecule is CCOc1ccc(C(=O)N2c3ccccc3[C@H](Nc3ccccc3)C[C@H]2C)cc1. The Hall–Kier alpha value is -3.27. The molecule has 1 heterocycles. The van der Waals surface area contributed by atoms with Gasteiger partial charge in [0.1, 0.15) is 5.75 Å². The van der Waals surface area contributed by atoms with Crippen LogP contribution in [-0.2, 0) is 0 Å². The predicted molar refractivity (Wildman–Crippen MR) is 118 cm³/mol. The Morgan fingerprint density at radius 1 is 1.00 bits per heavy atom. The van der Waals surface area contributed by atoms with E-state index in [0.29, 0.717) is 12.2 Å². The molecule has 0 saturated heterocycles. The van der Waals surface area contributed by atoms with Crippen molar-refractivity contribution in [2.75, 3.05) is 16.8 Å². The van der Waals surface area contributed by atoms with Gasteiger partial charge in [-0.1, -0.05) is 36.4 Å². The lowest BCUT2D eigenvalue weighted by Crippen LogP contribution is -2.44. The smallest absolute Gasteiger partial charge is 0.258 e. The molecule has 2 atom stereocenters. The number of para-hydroxylation sites is 2. The number of benzene rings is 3. The van der Waals surface area contributed by atoms with Gasteiger partial charge < -0.3 is 15.0 Å². The van der Waals surface area contributed by atoms with E-state index in [0.717, 1.165) is 29.1 Å². The van der Waals surface area contributed by atoms with Crippen LogP contribution in [0.1, 0.15) is 42.2 Å². The number of fused-ring (bicyclic) bond motifs is 1. The van der Waals surface area contributed by atoms with Crippen LogP contribution in [0.25, 0.3) is 0 Å². The van der Waals surface area contributed by atoms with Crippen LogP contribution in [-0.4, -0.2) is 18.6 Å². The molecule has 29 heavy (non-hydrogen) atoms. The molecule has 0 radical (unpaired) electrons. The molecule has 3 aromatic carbocycles. The molecule has 0 saturated carbocycles. The first-order valence-electron chi connectivity index (χ1n) is 10.1. The fourth-order valence-electron chi connectivity index (χ4n) is 3.99. The summed E-state index contributed by atoms with van der Waals surface area (Å²) < 4.78 is 5.50. The summed E-state index contributed by atoms with van der Waals surface area (Å²) >= 11 is 0. The van der Waals surface area contributed by atoms with Crippen LogP contribution in [0.5, 0.6) is 5.75 Å². The molecule has 0 aromatic heterocycles. The third-order valence-corrected chi connectivity index (χ3v) is 5.34. The maximum atomic E-state index is 13.4. The summed E-state index contributed by atoms with van der Waals surface area (Å²) in [5, 5.41) is 3.63. The highest BCUT2D eigenvalue weighted by molar-refractivity contribution is 6.07. The highest BCUT2D eigenvalue weighted by Gasteiger charge is 2.34. The van der Waals surface area contributed by atoms with E-state index >= 15 is 0 Å². The van der Waals surface area contributed by atoms with E-state index in [1.165, 1.54) is 0 Å². The Morgan fingerprint density at radius 3 is 2.41 bits per heavy atom. The lowest BCUT2D eigenvalue weighted by atomic mass is 9.90. The lowest BCUT2D eigenvalue weighted by Gasteiger charge is -2.40. The van der Waals surface area contributed by atoms with Crippen molar-refractivity contribution < 1.29 is 9.53 Å². The molecule has 0 bridgehead atoms. The number of hydrogen-bond donors (Lipinski definition) is 1. The van der Waals surface area contributed by atoms with Gasteiger partial charge in [-0.05, 0) is 68.3 Å². The molecule has 3 aromatic rings. The zero-order valence-corrected chi connectivity index (χ0v) is 16.8. The summed E-state index contributed by atoms with van der Waals surface area (Å²) in [6.07, 6.45) is 0.842. The number of rotatable bonds is 5. The Kier molecular flexibility index (Phi) is 5.52. The molecule has 4 nitrogen and oxygen atoms in total. The predicted octanol–water partition coefficient (Wildman–Crippen LogP) is 5.68. The zero-order chi connectivity index (χ0) is 20.2. The van der Waals surface area contributed by atoms with E-state index in [-0.39, 0.29) is 18.0 Å². The number of carbonyl (C=O) groups excluding carboxylic acids is 1. The van der Waals surface area contributed by atoms with Crippen LogP contribution in [0.15, 0.2) is 78.9 Å². The topological polar surface area (TPSA) is 41.6 Å². The van der Waals surface area contributed by atoms with Gasteiger partial charge in [-0.15, -0.1) is 0 Å². The van der Waals surface area contributed by atoms with Gasteiger partial charge in [0.2, 0.25) is 0 Å². The van der Waals surface area contributed by atoms with Gasteiger partial charge >= 0.3 is 0 Å². The standard InChI is InChI=1S/C25H26N2O2/c1-3-29-21-15-13-19(14-16-21)25(28)27-18(2)17-23(22-11-7-8-12-24(22)27)26-20-9-5-4-6-10-20/h4-16,18,23,26H,3,17H2,1-2H3/t18-,23-/m1/s1. The number of ether oxygens (including phenoxy) is 1. The summed E-state index contributed by atoms with van der Waals surface area (Å²) in [6, 6.07) is 26.0. The fraction of sp³-hybridized carbons (Fsp3) is 0.240. The number of hydrogen-bond acceptors (Lipinski definition) is 3. The quantitative estimate of drug-likeness (QED) is 0.613. The molecular weight excluding hydrogens is 360 g/mol. The van der Waals surface area contributed by atoms with Gasteiger partial charge in [0.05, 0.1) is 12.6 Å². The van der Waals surface area contributed by atoms with Crippen molar-refractivity contribution in [1.82, 2.24) is 0 Å². The van der Waals surface area contributed by atoms with Crippen molar-refractivity contribution in [3.63, 3.8) is 0 Å². The summed E-state index contributed by atoms with van der Waals surface area (Å²) in [7, 11) is 0. The van der Waals surface area contributed by atoms with Crippen LogP contribution in [0.2, 0.25) is 0 Å². The van der Waals surface area contributed by atoms with Crippen LogP contribution >= 0.6 is 0 Å². The fourth-order valence-corrected chi connectivity index (χ4v) is 3.99. The average Bonchev–Trinajstić information content (AvgIpc) is 2.75. The summed E-state index contributed by atoms with van der Waals surface area (Å²) in [6.45, 7) is 4.67. The third-order valence-electron chi connectivity index (χ3n) is 5.34. The van der Waals surface area contributed by atoms with E-state index < -0.39 is 0 Å². The van der Waals surface area contributed by atoms with E-state index in [9.17, 15) is 4.79 Å². The van der Waals surface area contributed by atoms with Crippen LogP contribution in [0.3, 0.4) is 0 Å². The number of carbonyl (C=O) groups is 1. The van der Waals surface area contributed by atoms with Gasteiger partial charge in [-0.2, -0.15) is 0 Å². The van der Waals surface area contributed by atoms with Crippen molar-refractivity contribution in [1.29, 1.82) is 0 Å². The molecule has 1 aliphatic rings. The Bertz CT molecular complexity index is 970. The Balaban J connectivity index is 1.63. The molecule has 0 fully saturated rings. The minimum absolute atomic E-state index is 0.0196. The van der Waals surface area contributed by atoms with E-state index in [4.69, 9.17) is 4.74 Å². The van der Waals surface area contributed by atoms with Gasteiger partial charge in [0, 0.05) is 23.0 Å². The Morgan fingerprint density at radius 2 is 1.69 bits per heavy atom. The first-order chi connectivity index (χ1) is 14.2. The second-order valence-corrected chi connectivity index (χ2v) is 7.34. The normalized spacial score (nSPS) is 18.1. The van der Waals surface area contributed by atoms with Gasteiger partial charge in [0.15, 0.2) is 0 Å². The van der Waals surface area contributed by atoms with Crippen molar-refractivity contribution in [2.45, 2.75) is 32.4 Å². The highest BCUT2D eigenvalue weighted by Crippen LogP contribution is 2.39. The van der Waals surface area contributed by atoms with E-state index in [1.807, 2.05) is 72.5 Å². The largest absolute Gasteiger partial charge is 0.494 e. The maximum absolute atomic E-state index is 13.4. The molecule has 1 aliphatic heterocycles.